The second-order valence-electron chi connectivity index (χ2n) is 16.8. The average Bonchev–Trinajstić information content (AvgIpc) is 3.77. The number of hydrogen-bond donors (Lipinski definition) is 0. The number of nitrogens with zero attached hydrogens (tertiary/aromatic N) is 6. The molecule has 1 fully saturated rings. The molecule has 7 aromatic rings. The van der Waals surface area contributed by atoms with Gasteiger partial charge in [0.15, 0.2) is 11.6 Å². The number of para-hydroxylation sites is 2. The summed E-state index contributed by atoms with van der Waals surface area (Å²) in [4.78, 5) is 51.0. The van der Waals surface area contributed by atoms with E-state index in [2.05, 4.69) is 31.8 Å². The van der Waals surface area contributed by atoms with Crippen LogP contribution < -0.4 is 18.9 Å². The zero-order chi connectivity index (χ0) is 50.9. The van der Waals surface area contributed by atoms with Gasteiger partial charge < -0.3 is 38.1 Å². The second-order valence-corrected chi connectivity index (χ2v) is 18.6. The summed E-state index contributed by atoms with van der Waals surface area (Å²) in [6.07, 6.45) is -0.946. The maximum atomic E-state index is 14.5. The van der Waals surface area contributed by atoms with Crippen LogP contribution in [0.5, 0.6) is 23.1 Å². The molecule has 1 aliphatic rings. The molecule has 0 saturated carbocycles. The molecule has 72 heavy (non-hydrogen) atoms. The summed E-state index contributed by atoms with van der Waals surface area (Å²) in [5.41, 5.74) is 5.07. The Labute approximate surface area is 430 Å². The van der Waals surface area contributed by atoms with Gasteiger partial charge in [-0.2, -0.15) is 0 Å². The van der Waals surface area contributed by atoms with Gasteiger partial charge in [0.05, 0.1) is 40.4 Å². The molecule has 0 amide bonds. The lowest BCUT2D eigenvalue weighted by atomic mass is 9.92. The zero-order valence-electron chi connectivity index (χ0n) is 40.6. The van der Waals surface area contributed by atoms with Crippen LogP contribution in [0.2, 0.25) is 10.0 Å². The minimum absolute atomic E-state index is 0.0160. The Balaban J connectivity index is 1.17. The average molecular weight is 1040 g/mol. The Kier molecular flexibility index (Phi) is 17.0. The maximum Gasteiger partial charge on any atom is 0.511 e. The van der Waals surface area contributed by atoms with Crippen LogP contribution in [0.15, 0.2) is 91.4 Å². The number of halogens is 3. The SMILES string of the molecule is CCOC(=O)OC(C)OC(=O)C(Cc1ccccc1OCc1ccnc(-c2ccccc2OC)n1)Oc1ncnc2sc(-c3ccc(F)cc3)c(-c3c(C)c(Cl)c(OCCN4CCN(C)CC4)c(Cl)c3C)c12. The van der Waals surface area contributed by atoms with Gasteiger partial charge in [0.25, 0.3) is 0 Å². The van der Waals surface area contributed by atoms with Crippen molar-refractivity contribution in [3.05, 3.63) is 130 Å². The standard InChI is InChI=1S/C53H53Cl2FN6O9S/c1-7-66-53(64)70-33(4)69-52(63)41(28-35-12-8-10-14-39(35)68-29-37-20-21-57-49(60-37)38-13-9-11-15-40(38)65-6)71-50-44-43(48(72-51(44)59-30-58-50)34-16-18-36(56)19-17-34)42-31(2)45(54)47(46(55)32(42)3)67-27-26-62-24-22-61(5)23-25-62/h8-21,30,33,41H,7,22-29H2,1-6H3. The molecule has 15 nitrogen and oxygen atoms in total. The van der Waals surface area contributed by atoms with Crippen LogP contribution in [-0.2, 0) is 32.0 Å². The van der Waals surface area contributed by atoms with E-state index >= 15 is 0 Å². The van der Waals surface area contributed by atoms with E-state index in [-0.39, 0.29) is 25.5 Å². The van der Waals surface area contributed by atoms with Gasteiger partial charge in [-0.15, -0.1) is 11.3 Å². The topological polar surface area (TPSA) is 157 Å². The normalized spacial score (nSPS) is 13.8. The van der Waals surface area contributed by atoms with Gasteiger partial charge >= 0.3 is 12.1 Å². The highest BCUT2D eigenvalue weighted by Gasteiger charge is 2.32. The molecule has 0 radical (unpaired) electrons. The van der Waals surface area contributed by atoms with E-state index in [0.29, 0.717) is 106 Å². The van der Waals surface area contributed by atoms with Gasteiger partial charge in [0, 0.05) is 62.7 Å². The molecule has 0 bridgehead atoms. The molecule has 19 heteroatoms. The Morgan fingerprint density at radius 1 is 0.847 bits per heavy atom. The lowest BCUT2D eigenvalue weighted by Gasteiger charge is -2.32. The third-order valence-electron chi connectivity index (χ3n) is 12.0. The van der Waals surface area contributed by atoms with Crippen molar-refractivity contribution < 1.29 is 47.1 Å². The number of piperazine rings is 1. The van der Waals surface area contributed by atoms with Crippen LogP contribution in [0.4, 0.5) is 9.18 Å². The number of rotatable bonds is 19. The summed E-state index contributed by atoms with van der Waals surface area (Å²) < 4.78 is 55.3. The van der Waals surface area contributed by atoms with Crippen molar-refractivity contribution in [2.75, 3.05) is 60.1 Å². The fourth-order valence-corrected chi connectivity index (χ4v) is 9.97. The first-order chi connectivity index (χ1) is 34.8. The molecular weight excluding hydrogens is 987 g/mol. The largest absolute Gasteiger partial charge is 0.511 e. The zero-order valence-corrected chi connectivity index (χ0v) is 42.9. The molecule has 1 aliphatic heterocycles. The summed E-state index contributed by atoms with van der Waals surface area (Å²) in [5.74, 6) is 0.580. The van der Waals surface area contributed by atoms with Gasteiger partial charge in [-0.25, -0.2) is 33.9 Å². The van der Waals surface area contributed by atoms with Crippen molar-refractivity contribution in [1.29, 1.82) is 0 Å². The number of likely N-dealkylation sites (N-methyl/N-ethyl adjacent to an activating group) is 1. The van der Waals surface area contributed by atoms with Crippen LogP contribution in [-0.4, -0.2) is 114 Å². The fraction of sp³-hybridized carbons (Fsp3) is 0.321. The highest BCUT2D eigenvalue weighted by molar-refractivity contribution is 7.22. The number of carbonyl (C=O) groups is 2. The predicted molar refractivity (Wildman–Crippen MR) is 274 cm³/mol. The molecule has 1 saturated heterocycles. The second kappa shape index (κ2) is 23.7. The third-order valence-corrected chi connectivity index (χ3v) is 14.1. The number of benzene rings is 4. The Bertz CT molecular complexity index is 3020. The van der Waals surface area contributed by atoms with E-state index < -0.39 is 30.3 Å². The number of thiophene rings is 1. The number of hydrogen-bond acceptors (Lipinski definition) is 16. The highest BCUT2D eigenvalue weighted by atomic mass is 35.5. The fourth-order valence-electron chi connectivity index (χ4n) is 8.29. The summed E-state index contributed by atoms with van der Waals surface area (Å²) >= 11 is 15.8. The molecule has 3 aromatic heterocycles. The van der Waals surface area contributed by atoms with Crippen LogP contribution in [0.1, 0.15) is 36.2 Å². The van der Waals surface area contributed by atoms with E-state index in [1.54, 1.807) is 62.7 Å². The number of ether oxygens (including phenoxy) is 7. The molecule has 4 aromatic carbocycles. The predicted octanol–water partition coefficient (Wildman–Crippen LogP) is 10.8. The van der Waals surface area contributed by atoms with Crippen molar-refractivity contribution in [2.45, 2.75) is 53.1 Å². The first-order valence-corrected chi connectivity index (χ1v) is 24.8. The molecule has 376 valence electrons. The maximum absolute atomic E-state index is 14.5. The van der Waals surface area contributed by atoms with Gasteiger partial charge in [-0.05, 0) is 92.0 Å². The minimum atomic E-state index is -1.43. The first-order valence-electron chi connectivity index (χ1n) is 23.3. The molecule has 2 unspecified atom stereocenters. The summed E-state index contributed by atoms with van der Waals surface area (Å²) in [7, 11) is 3.69. The lowest BCUT2D eigenvalue weighted by Crippen LogP contribution is -2.45. The number of esters is 1. The first kappa shape index (κ1) is 51.7. The van der Waals surface area contributed by atoms with Gasteiger partial charge in [0.2, 0.25) is 18.3 Å². The van der Waals surface area contributed by atoms with Crippen molar-refractivity contribution in [1.82, 2.24) is 29.7 Å². The van der Waals surface area contributed by atoms with Crippen LogP contribution in [0.25, 0.3) is 43.2 Å². The minimum Gasteiger partial charge on any atom is -0.496 e. The van der Waals surface area contributed by atoms with Crippen molar-refractivity contribution in [2.24, 2.45) is 0 Å². The van der Waals surface area contributed by atoms with Crippen molar-refractivity contribution in [3.63, 3.8) is 0 Å². The molecule has 0 spiro atoms. The van der Waals surface area contributed by atoms with Crippen molar-refractivity contribution >= 4 is 56.9 Å². The monoisotopic (exact) mass is 1040 g/mol. The van der Waals surface area contributed by atoms with Gasteiger partial charge in [-0.3, -0.25) is 4.90 Å². The van der Waals surface area contributed by atoms with Gasteiger partial charge in [0.1, 0.15) is 41.7 Å². The van der Waals surface area contributed by atoms with E-state index in [1.165, 1.54) is 36.7 Å². The Morgan fingerprint density at radius 2 is 1.56 bits per heavy atom. The van der Waals surface area contributed by atoms with E-state index in [1.807, 2.05) is 38.1 Å². The Hall–Kier alpha value is -6.63. The van der Waals surface area contributed by atoms with E-state index in [9.17, 15) is 14.0 Å². The highest BCUT2D eigenvalue weighted by Crippen LogP contribution is 2.53. The number of carbonyl (C=O) groups excluding carboxylic acids is 2. The Morgan fingerprint density at radius 3 is 2.28 bits per heavy atom. The smallest absolute Gasteiger partial charge is 0.496 e. The van der Waals surface area contributed by atoms with E-state index in [4.69, 9.17) is 61.3 Å². The van der Waals surface area contributed by atoms with Crippen LogP contribution >= 0.6 is 34.5 Å². The number of methoxy groups -OCH3 is 1. The molecule has 8 rings (SSSR count). The molecule has 0 N–H and O–H groups in total. The number of fused-ring (bicyclic) bond motifs is 1. The summed E-state index contributed by atoms with van der Waals surface area (Å²) in [6.45, 7) is 11.7. The van der Waals surface area contributed by atoms with Crippen LogP contribution in [0.3, 0.4) is 0 Å². The number of aromatic nitrogens is 4. The molecule has 2 atom stereocenters. The third kappa shape index (κ3) is 12.0. The van der Waals surface area contributed by atoms with E-state index in [0.717, 1.165) is 26.2 Å². The van der Waals surface area contributed by atoms with Crippen molar-refractivity contribution in [3.8, 4) is 56.1 Å². The summed E-state index contributed by atoms with van der Waals surface area (Å²) in [5, 5.41) is 1.06. The van der Waals surface area contributed by atoms with Crippen LogP contribution in [0, 0.1) is 19.7 Å². The molecule has 4 heterocycles. The molecular formula is C53H53Cl2FN6O9S. The van der Waals surface area contributed by atoms with Gasteiger partial charge in [-0.1, -0.05) is 65.7 Å². The molecule has 0 aliphatic carbocycles. The quantitative estimate of drug-likeness (QED) is 0.0556. The summed E-state index contributed by atoms with van der Waals surface area (Å²) in [6, 6.07) is 22.4. The lowest BCUT2D eigenvalue weighted by molar-refractivity contribution is -0.176.